The van der Waals surface area contributed by atoms with Crippen molar-refractivity contribution in [3.8, 4) is 0 Å². The first-order valence-corrected chi connectivity index (χ1v) is 12.9. The summed E-state index contributed by atoms with van der Waals surface area (Å²) in [6.45, 7) is 16.5. The Morgan fingerprint density at radius 3 is 2.36 bits per heavy atom. The summed E-state index contributed by atoms with van der Waals surface area (Å²) in [7, 11) is 0. The Kier molecular flexibility index (Phi) is 8.37. The number of nitrogen functional groups attached to an aromatic ring is 1. The number of amides is 2. The fourth-order valence-corrected chi connectivity index (χ4v) is 3.88. The predicted octanol–water partition coefficient (Wildman–Crippen LogP) is 4.54. The molecule has 0 bridgehead atoms. The third kappa shape index (κ3) is 8.01. The summed E-state index contributed by atoms with van der Waals surface area (Å²) in [5.74, 6) is 0.254. The van der Waals surface area contributed by atoms with Gasteiger partial charge in [-0.25, -0.2) is 24.2 Å². The number of carbonyl (C=O) groups excluding carboxylic acids is 2. The van der Waals surface area contributed by atoms with Gasteiger partial charge < -0.3 is 20.5 Å². The van der Waals surface area contributed by atoms with Crippen LogP contribution in [0.2, 0.25) is 0 Å². The first-order valence-electron chi connectivity index (χ1n) is 12.9. The van der Waals surface area contributed by atoms with Crippen molar-refractivity contribution in [2.75, 3.05) is 12.3 Å². The number of hydrogen-bond donors (Lipinski definition) is 3. The minimum Gasteiger partial charge on any atom is -0.444 e. The highest BCUT2D eigenvalue weighted by Gasteiger charge is 2.30. The van der Waals surface area contributed by atoms with E-state index in [4.69, 9.17) is 20.3 Å². The van der Waals surface area contributed by atoms with Crippen LogP contribution in [0.25, 0.3) is 11.0 Å². The van der Waals surface area contributed by atoms with Crippen LogP contribution < -0.4 is 16.4 Å². The molecular weight excluding hydrogens is 500 g/mol. The van der Waals surface area contributed by atoms with Gasteiger partial charge in [0, 0.05) is 12.5 Å². The molecule has 2 aromatic rings. The molecule has 4 N–H and O–H groups in total. The number of rotatable bonds is 4. The Morgan fingerprint density at radius 2 is 1.77 bits per heavy atom. The van der Waals surface area contributed by atoms with Crippen LogP contribution in [0.5, 0.6) is 0 Å². The lowest BCUT2D eigenvalue weighted by Gasteiger charge is -2.27. The second-order valence-corrected chi connectivity index (χ2v) is 12.1. The molecule has 12 heteroatoms. The van der Waals surface area contributed by atoms with Gasteiger partial charge in [-0.1, -0.05) is 23.8 Å². The normalized spacial score (nSPS) is 16.6. The summed E-state index contributed by atoms with van der Waals surface area (Å²) in [6, 6.07) is 0. The van der Waals surface area contributed by atoms with Gasteiger partial charge in [0.25, 0.3) is 0 Å². The van der Waals surface area contributed by atoms with Gasteiger partial charge in [-0.15, -0.1) is 4.99 Å². The number of ether oxygens (including phenoxy) is 2. The lowest BCUT2D eigenvalue weighted by atomic mass is 9.93. The standard InChI is InChI=1S/C27H40N8O4/c1-16-10-12-17(13-11-16)19-18-20(28)30-15-31-21(18)35(34-19)27(8,9)14-29-22(32-23(36)38-25(2,3)4)33-24(37)39-26(5,6)7/h10-12,15,17H,13-14H2,1-9H3,(H2,28,30,31)(H2,29,32,33,36,37). The first kappa shape index (κ1) is 29.6. The molecular formula is C27H40N8O4. The summed E-state index contributed by atoms with van der Waals surface area (Å²) in [6.07, 6.45) is 6.89. The van der Waals surface area contributed by atoms with Crippen LogP contribution in [0.3, 0.4) is 0 Å². The Balaban J connectivity index is 1.92. The van der Waals surface area contributed by atoms with E-state index in [0.29, 0.717) is 16.9 Å². The van der Waals surface area contributed by atoms with Gasteiger partial charge in [0.05, 0.1) is 16.6 Å². The third-order valence-electron chi connectivity index (χ3n) is 5.64. The van der Waals surface area contributed by atoms with Crippen LogP contribution in [0, 0.1) is 0 Å². The van der Waals surface area contributed by atoms with Gasteiger partial charge in [0.15, 0.2) is 5.65 Å². The van der Waals surface area contributed by atoms with Gasteiger partial charge >= 0.3 is 12.2 Å². The van der Waals surface area contributed by atoms with Gasteiger partial charge in [-0.05, 0) is 68.7 Å². The number of fused-ring (bicyclic) bond motifs is 1. The van der Waals surface area contributed by atoms with Crippen molar-refractivity contribution in [1.82, 2.24) is 30.4 Å². The van der Waals surface area contributed by atoms with Crippen molar-refractivity contribution >= 4 is 35.0 Å². The van der Waals surface area contributed by atoms with E-state index in [2.05, 4.69) is 50.7 Å². The number of allylic oxidation sites excluding steroid dienone is 4. The molecule has 2 aromatic heterocycles. The van der Waals surface area contributed by atoms with E-state index >= 15 is 0 Å². The Morgan fingerprint density at radius 1 is 1.10 bits per heavy atom. The second-order valence-electron chi connectivity index (χ2n) is 12.1. The maximum atomic E-state index is 12.5. The summed E-state index contributed by atoms with van der Waals surface area (Å²) >= 11 is 0. The molecule has 1 aliphatic rings. The molecule has 0 aromatic carbocycles. The molecule has 3 rings (SSSR count). The van der Waals surface area contributed by atoms with E-state index in [0.717, 1.165) is 12.1 Å². The number of nitrogens with two attached hydrogens (primary N) is 1. The van der Waals surface area contributed by atoms with Crippen LogP contribution in [-0.4, -0.2) is 55.6 Å². The molecule has 1 unspecified atom stereocenters. The van der Waals surface area contributed by atoms with Crippen molar-refractivity contribution in [2.24, 2.45) is 4.99 Å². The summed E-state index contributed by atoms with van der Waals surface area (Å²) in [4.78, 5) is 37.5. The van der Waals surface area contributed by atoms with Crippen LogP contribution in [0.1, 0.15) is 80.3 Å². The maximum absolute atomic E-state index is 12.5. The topological polar surface area (TPSA) is 159 Å². The second kappa shape index (κ2) is 11.0. The predicted molar refractivity (Wildman–Crippen MR) is 150 cm³/mol. The smallest absolute Gasteiger partial charge is 0.437 e. The Bertz CT molecular complexity index is 1330. The first-order chi connectivity index (χ1) is 17.9. The number of carbonyl (C=O) groups is 2. The van der Waals surface area contributed by atoms with Gasteiger partial charge in [0.2, 0.25) is 5.96 Å². The van der Waals surface area contributed by atoms with Gasteiger partial charge in [-0.2, -0.15) is 5.10 Å². The quantitative estimate of drug-likeness (QED) is 0.374. The van der Waals surface area contributed by atoms with Crippen LogP contribution >= 0.6 is 0 Å². The molecule has 1 aliphatic carbocycles. The van der Waals surface area contributed by atoms with Crippen molar-refractivity contribution < 1.29 is 19.1 Å². The average molecular weight is 541 g/mol. The molecule has 0 saturated carbocycles. The van der Waals surface area contributed by atoms with E-state index in [9.17, 15) is 9.59 Å². The molecule has 12 nitrogen and oxygen atoms in total. The van der Waals surface area contributed by atoms with Crippen LogP contribution in [-0.2, 0) is 15.0 Å². The molecule has 0 aliphatic heterocycles. The third-order valence-corrected chi connectivity index (χ3v) is 5.64. The summed E-state index contributed by atoms with van der Waals surface area (Å²) < 4.78 is 12.4. The molecule has 0 spiro atoms. The highest BCUT2D eigenvalue weighted by atomic mass is 16.6. The Labute approximate surface area is 229 Å². The number of nitrogens with one attached hydrogen (secondary N) is 2. The highest BCUT2D eigenvalue weighted by molar-refractivity contribution is 5.99. The van der Waals surface area contributed by atoms with Crippen molar-refractivity contribution in [3.63, 3.8) is 0 Å². The SMILES string of the molecule is CC1=CCC(c2nn(C(C)(C)CN/C(=N/C(=O)OC(C)(C)C)NC(=O)OC(C)(C)C)c3ncnc(N)c23)C=C1. The lowest BCUT2D eigenvalue weighted by Crippen LogP contribution is -2.49. The largest absolute Gasteiger partial charge is 0.444 e. The number of nitrogens with zero attached hydrogens (tertiary/aromatic N) is 5. The zero-order valence-corrected chi connectivity index (χ0v) is 24.2. The van der Waals surface area contributed by atoms with E-state index < -0.39 is 28.9 Å². The minimum atomic E-state index is -0.862. The Hall–Kier alpha value is -3.96. The minimum absolute atomic E-state index is 0.0210. The molecule has 39 heavy (non-hydrogen) atoms. The number of guanidine groups is 1. The summed E-state index contributed by atoms with van der Waals surface area (Å²) in [5, 5.41) is 11.2. The molecule has 0 fully saturated rings. The van der Waals surface area contributed by atoms with Gasteiger partial charge in [-0.3, -0.25) is 5.32 Å². The molecule has 0 saturated heterocycles. The number of alkyl carbamates (subject to hydrolysis) is 1. The van der Waals surface area contributed by atoms with Crippen LogP contribution in [0.15, 0.2) is 35.1 Å². The van der Waals surface area contributed by atoms with Gasteiger partial charge in [0.1, 0.15) is 23.3 Å². The maximum Gasteiger partial charge on any atom is 0.437 e. The van der Waals surface area contributed by atoms with E-state index in [-0.39, 0.29) is 18.4 Å². The van der Waals surface area contributed by atoms with Crippen molar-refractivity contribution in [1.29, 1.82) is 0 Å². The molecule has 2 amide bonds. The number of aliphatic imine (C=N–C) groups is 1. The monoisotopic (exact) mass is 540 g/mol. The fourth-order valence-electron chi connectivity index (χ4n) is 3.88. The number of anilines is 1. The number of hydrogen-bond acceptors (Lipinski definition) is 8. The fraction of sp³-hybridized carbons (Fsp3) is 0.556. The number of aromatic nitrogens is 4. The zero-order chi connectivity index (χ0) is 29.2. The molecule has 2 heterocycles. The summed E-state index contributed by atoms with van der Waals surface area (Å²) in [5.41, 5.74) is 6.62. The van der Waals surface area contributed by atoms with E-state index in [1.54, 1.807) is 46.2 Å². The lowest BCUT2D eigenvalue weighted by molar-refractivity contribution is 0.0560. The molecule has 0 radical (unpaired) electrons. The molecule has 1 atom stereocenters. The van der Waals surface area contributed by atoms with Crippen molar-refractivity contribution in [2.45, 2.75) is 91.4 Å². The van der Waals surface area contributed by atoms with E-state index in [1.807, 2.05) is 13.8 Å². The van der Waals surface area contributed by atoms with Crippen LogP contribution in [0.4, 0.5) is 15.4 Å². The van der Waals surface area contributed by atoms with E-state index in [1.165, 1.54) is 11.9 Å². The van der Waals surface area contributed by atoms with Crippen molar-refractivity contribution in [3.05, 3.63) is 35.8 Å². The highest BCUT2D eigenvalue weighted by Crippen LogP contribution is 2.34. The average Bonchev–Trinajstić information content (AvgIpc) is 3.17. The zero-order valence-electron chi connectivity index (χ0n) is 24.2. The molecule has 212 valence electrons.